The van der Waals surface area contributed by atoms with Crippen molar-refractivity contribution >= 4 is 0 Å². The number of rotatable bonds is 8. The Hall–Kier alpha value is -0.120. The van der Waals surface area contributed by atoms with Gasteiger partial charge in [0.2, 0.25) is 0 Å². The van der Waals surface area contributed by atoms with Gasteiger partial charge in [0.15, 0.2) is 0 Å². The maximum Gasteiger partial charge on any atom is 0.0616 e. The molecule has 0 aliphatic heterocycles. The van der Waals surface area contributed by atoms with E-state index in [1.54, 1.807) is 0 Å². The predicted molar refractivity (Wildman–Crippen MR) is 52.2 cm³/mol. The third-order valence-electron chi connectivity index (χ3n) is 1.70. The lowest BCUT2D eigenvalue weighted by molar-refractivity contribution is 0.127. The van der Waals surface area contributed by atoms with E-state index >= 15 is 0 Å². The minimum Gasteiger partial charge on any atom is -0.380 e. The van der Waals surface area contributed by atoms with Crippen molar-refractivity contribution in [1.29, 1.82) is 0 Å². The fourth-order valence-corrected chi connectivity index (χ4v) is 0.971. The molecular weight excluding hydrogens is 152 g/mol. The van der Waals surface area contributed by atoms with Crippen molar-refractivity contribution in [3.8, 4) is 0 Å². The summed E-state index contributed by atoms with van der Waals surface area (Å²) >= 11 is 0. The molecule has 0 spiro atoms. The second-order valence-corrected chi connectivity index (χ2v) is 3.01. The number of nitrogens with one attached hydrogen (secondary N) is 1. The van der Waals surface area contributed by atoms with Crippen molar-refractivity contribution in [2.24, 2.45) is 5.73 Å². The number of ether oxygens (including phenoxy) is 1. The Kier molecular flexibility index (Phi) is 8.88. The Morgan fingerprint density at radius 3 is 2.75 bits per heavy atom. The highest BCUT2D eigenvalue weighted by Gasteiger charge is 1.98. The van der Waals surface area contributed by atoms with Gasteiger partial charge in [-0.05, 0) is 39.8 Å². The quantitative estimate of drug-likeness (QED) is 0.534. The minimum atomic E-state index is 0.461. The molecule has 0 fully saturated rings. The van der Waals surface area contributed by atoms with Gasteiger partial charge in [-0.1, -0.05) is 0 Å². The van der Waals surface area contributed by atoms with Crippen LogP contribution in [-0.2, 0) is 4.74 Å². The Balaban J connectivity index is 3.02. The van der Waals surface area contributed by atoms with Crippen LogP contribution in [0.2, 0.25) is 0 Å². The van der Waals surface area contributed by atoms with Gasteiger partial charge < -0.3 is 15.8 Å². The van der Waals surface area contributed by atoms with E-state index in [4.69, 9.17) is 10.5 Å². The van der Waals surface area contributed by atoms with Gasteiger partial charge in [-0.15, -0.1) is 0 Å². The zero-order chi connectivity index (χ0) is 9.23. The lowest BCUT2D eigenvalue weighted by Crippen LogP contribution is -2.31. The first-order valence-electron chi connectivity index (χ1n) is 4.82. The number of hydrogen-bond donors (Lipinski definition) is 2. The van der Waals surface area contributed by atoms with Crippen LogP contribution in [0.1, 0.15) is 26.7 Å². The molecule has 0 bridgehead atoms. The van der Waals surface area contributed by atoms with Crippen LogP contribution in [0.25, 0.3) is 0 Å². The summed E-state index contributed by atoms with van der Waals surface area (Å²) in [5.41, 5.74) is 5.37. The summed E-state index contributed by atoms with van der Waals surface area (Å²) in [7, 11) is 0. The third-order valence-corrected chi connectivity index (χ3v) is 1.70. The van der Waals surface area contributed by atoms with Gasteiger partial charge in [-0.25, -0.2) is 0 Å². The van der Waals surface area contributed by atoms with E-state index < -0.39 is 0 Å². The van der Waals surface area contributed by atoms with E-state index in [2.05, 4.69) is 12.2 Å². The smallest absolute Gasteiger partial charge is 0.0616 e. The molecule has 0 rings (SSSR count). The maximum absolute atomic E-state index is 5.37. The molecule has 0 saturated heterocycles. The Bertz CT molecular complexity index is 88.6. The molecule has 74 valence electrons. The van der Waals surface area contributed by atoms with Gasteiger partial charge in [0.1, 0.15) is 0 Å². The fraction of sp³-hybridized carbons (Fsp3) is 1.00. The number of nitrogens with two attached hydrogens (primary N) is 1. The first-order valence-corrected chi connectivity index (χ1v) is 4.82. The Morgan fingerprint density at radius 1 is 1.42 bits per heavy atom. The molecule has 0 aromatic heterocycles. The van der Waals surface area contributed by atoms with Gasteiger partial charge in [0, 0.05) is 12.6 Å². The van der Waals surface area contributed by atoms with Crippen molar-refractivity contribution < 1.29 is 4.74 Å². The molecule has 3 nitrogen and oxygen atoms in total. The average molecular weight is 174 g/mol. The summed E-state index contributed by atoms with van der Waals surface area (Å²) in [5.74, 6) is 0. The van der Waals surface area contributed by atoms with Crippen LogP contribution in [0.15, 0.2) is 0 Å². The van der Waals surface area contributed by atoms with Crippen LogP contribution in [0.5, 0.6) is 0 Å². The molecule has 3 N–H and O–H groups in total. The highest BCUT2D eigenvalue weighted by molar-refractivity contribution is 4.58. The predicted octanol–water partition coefficient (Wildman–Crippen LogP) is 0.740. The second kappa shape index (κ2) is 8.97. The fourth-order valence-electron chi connectivity index (χ4n) is 0.971. The highest BCUT2D eigenvalue weighted by atomic mass is 16.5. The van der Waals surface area contributed by atoms with Gasteiger partial charge in [0.25, 0.3) is 0 Å². The number of hydrogen-bond acceptors (Lipinski definition) is 3. The van der Waals surface area contributed by atoms with Gasteiger partial charge in [0.05, 0.1) is 6.61 Å². The van der Waals surface area contributed by atoms with Gasteiger partial charge in [-0.3, -0.25) is 0 Å². The largest absolute Gasteiger partial charge is 0.380 e. The minimum absolute atomic E-state index is 0.461. The van der Waals surface area contributed by atoms with E-state index in [9.17, 15) is 0 Å². The van der Waals surface area contributed by atoms with Crippen molar-refractivity contribution in [1.82, 2.24) is 5.32 Å². The highest BCUT2D eigenvalue weighted by Crippen LogP contribution is 1.87. The van der Waals surface area contributed by atoms with Crippen molar-refractivity contribution in [2.45, 2.75) is 32.7 Å². The molecule has 0 saturated carbocycles. The summed E-state index contributed by atoms with van der Waals surface area (Å²) in [6, 6.07) is 0.461. The van der Waals surface area contributed by atoms with Crippen LogP contribution >= 0.6 is 0 Å². The molecule has 1 atom stereocenters. The summed E-state index contributed by atoms with van der Waals surface area (Å²) in [5, 5.41) is 3.37. The van der Waals surface area contributed by atoms with E-state index in [1.807, 2.05) is 6.92 Å². The van der Waals surface area contributed by atoms with E-state index in [1.165, 1.54) is 0 Å². The lowest BCUT2D eigenvalue weighted by Gasteiger charge is -2.12. The van der Waals surface area contributed by atoms with Crippen molar-refractivity contribution in [3.63, 3.8) is 0 Å². The molecule has 3 heteroatoms. The van der Waals surface area contributed by atoms with Crippen molar-refractivity contribution in [3.05, 3.63) is 0 Å². The van der Waals surface area contributed by atoms with E-state index in [0.29, 0.717) is 6.04 Å². The molecule has 12 heavy (non-hydrogen) atoms. The standard InChI is InChI=1S/C9H22N2O/c1-3-12-8-9(2)11-7-5-4-6-10/h9,11H,3-8,10H2,1-2H3. The van der Waals surface area contributed by atoms with Crippen LogP contribution in [-0.4, -0.2) is 32.3 Å². The molecule has 0 radical (unpaired) electrons. The molecule has 0 amide bonds. The number of unbranched alkanes of at least 4 members (excludes halogenated alkanes) is 1. The van der Waals surface area contributed by atoms with Crippen LogP contribution < -0.4 is 11.1 Å². The summed E-state index contributed by atoms with van der Waals surface area (Å²) in [6.07, 6.45) is 2.27. The summed E-state index contributed by atoms with van der Waals surface area (Å²) in [6.45, 7) is 7.60. The molecule has 1 unspecified atom stereocenters. The molecule has 0 aromatic carbocycles. The SMILES string of the molecule is CCOCC(C)NCCCCN. The third kappa shape index (κ3) is 7.98. The molecule has 0 aliphatic rings. The van der Waals surface area contributed by atoms with Gasteiger partial charge >= 0.3 is 0 Å². The zero-order valence-electron chi connectivity index (χ0n) is 8.31. The van der Waals surface area contributed by atoms with Crippen LogP contribution in [0.3, 0.4) is 0 Å². The second-order valence-electron chi connectivity index (χ2n) is 3.01. The summed E-state index contributed by atoms with van der Waals surface area (Å²) in [4.78, 5) is 0. The van der Waals surface area contributed by atoms with Crippen LogP contribution in [0.4, 0.5) is 0 Å². The molecule has 0 heterocycles. The average Bonchev–Trinajstić information content (AvgIpc) is 2.09. The normalized spacial score (nSPS) is 13.2. The Labute approximate surface area is 75.7 Å². The van der Waals surface area contributed by atoms with Gasteiger partial charge in [-0.2, -0.15) is 0 Å². The first-order chi connectivity index (χ1) is 5.81. The van der Waals surface area contributed by atoms with E-state index in [0.717, 1.165) is 39.1 Å². The molecule has 0 aromatic rings. The summed E-state index contributed by atoms with van der Waals surface area (Å²) < 4.78 is 5.27. The molecular formula is C9H22N2O. The Morgan fingerprint density at radius 2 is 2.17 bits per heavy atom. The van der Waals surface area contributed by atoms with Crippen LogP contribution in [0, 0.1) is 0 Å². The van der Waals surface area contributed by atoms with E-state index in [-0.39, 0.29) is 0 Å². The lowest BCUT2D eigenvalue weighted by atomic mass is 10.3. The zero-order valence-corrected chi connectivity index (χ0v) is 8.31. The monoisotopic (exact) mass is 174 g/mol. The topological polar surface area (TPSA) is 47.3 Å². The maximum atomic E-state index is 5.37. The van der Waals surface area contributed by atoms with Crippen molar-refractivity contribution in [2.75, 3.05) is 26.3 Å². The first kappa shape index (κ1) is 11.9. The molecule has 0 aliphatic carbocycles.